The van der Waals surface area contributed by atoms with Gasteiger partial charge in [0.05, 0.1) is 39.9 Å². The number of rotatable bonds is 4. The molecule has 0 aliphatic carbocycles. The summed E-state index contributed by atoms with van der Waals surface area (Å²) >= 11 is 11.8. The first-order valence-corrected chi connectivity index (χ1v) is 8.25. The van der Waals surface area contributed by atoms with Gasteiger partial charge in [-0.05, 0) is 24.3 Å². The Labute approximate surface area is 163 Å². The number of carbonyl (C=O) groups excluding carboxylic acids is 3. The van der Waals surface area contributed by atoms with E-state index in [-0.39, 0.29) is 32.7 Å². The lowest BCUT2D eigenvalue weighted by Gasteiger charge is -2.14. The van der Waals surface area contributed by atoms with Gasteiger partial charge in [-0.25, -0.2) is 4.79 Å². The van der Waals surface area contributed by atoms with Gasteiger partial charge in [0, 0.05) is 6.07 Å². The normalized spacial score (nSPS) is 12.6. The topological polar surface area (TPSA) is 96.7 Å². The smallest absolute Gasteiger partial charge is 0.331 e. The molecule has 0 fully saturated rings. The molecular weight excluding hydrogens is 395 g/mol. The number of amides is 2. The monoisotopic (exact) mass is 404 g/mol. The van der Waals surface area contributed by atoms with Crippen LogP contribution in [0.5, 0.6) is 11.5 Å². The maximum atomic E-state index is 12.4. The molecule has 0 saturated carbocycles. The summed E-state index contributed by atoms with van der Waals surface area (Å²) in [6, 6.07) is 8.73. The molecule has 0 radical (unpaired) electrons. The Bertz CT molecular complexity index is 988. The Morgan fingerprint density at radius 3 is 2.19 bits per heavy atom. The van der Waals surface area contributed by atoms with E-state index in [1.54, 1.807) is 0 Å². The molecule has 27 heavy (non-hydrogen) atoms. The summed E-state index contributed by atoms with van der Waals surface area (Å²) in [7, 11) is 1.35. The molecule has 0 atom stereocenters. The number of fused-ring (bicyclic) bond motifs is 1. The molecule has 2 amide bonds. The average Bonchev–Trinajstić information content (AvgIpc) is 2.87. The molecule has 136 valence electrons. The Kier molecular flexibility index (Phi) is 5.04. The highest BCUT2D eigenvalue weighted by atomic mass is 35.5. The van der Waals surface area contributed by atoms with Gasteiger partial charge < -0.3 is 9.47 Å². The number of nitriles is 1. The lowest BCUT2D eigenvalue weighted by atomic mass is 10.1. The quantitative estimate of drug-likeness (QED) is 0.441. The number of halogens is 2. The van der Waals surface area contributed by atoms with E-state index in [1.807, 2.05) is 6.07 Å². The van der Waals surface area contributed by atoms with E-state index in [4.69, 9.17) is 37.9 Å². The van der Waals surface area contributed by atoms with Crippen LogP contribution in [-0.2, 0) is 4.79 Å². The van der Waals surface area contributed by atoms with Crippen molar-refractivity contribution in [1.29, 1.82) is 5.26 Å². The van der Waals surface area contributed by atoms with E-state index in [2.05, 4.69) is 0 Å². The van der Waals surface area contributed by atoms with Crippen molar-refractivity contribution < 1.29 is 23.9 Å². The fourth-order valence-electron chi connectivity index (χ4n) is 2.53. The summed E-state index contributed by atoms with van der Waals surface area (Å²) in [6.45, 7) is -0.606. The highest BCUT2D eigenvalue weighted by molar-refractivity contribution is 6.43. The van der Waals surface area contributed by atoms with Crippen molar-refractivity contribution in [2.45, 2.75) is 0 Å². The van der Waals surface area contributed by atoms with Crippen molar-refractivity contribution >= 4 is 41.0 Å². The zero-order valence-electron chi connectivity index (χ0n) is 13.8. The zero-order chi connectivity index (χ0) is 19.7. The van der Waals surface area contributed by atoms with Crippen LogP contribution in [0.4, 0.5) is 0 Å². The van der Waals surface area contributed by atoms with Gasteiger partial charge in [-0.2, -0.15) is 5.26 Å². The minimum Gasteiger partial charge on any atom is -0.493 e. The van der Waals surface area contributed by atoms with Gasteiger partial charge in [-0.1, -0.05) is 23.2 Å². The van der Waals surface area contributed by atoms with Crippen molar-refractivity contribution in [2.24, 2.45) is 0 Å². The number of imide groups is 1. The van der Waals surface area contributed by atoms with Crippen LogP contribution in [0.2, 0.25) is 10.0 Å². The molecule has 2 aromatic carbocycles. The average molecular weight is 405 g/mol. The van der Waals surface area contributed by atoms with Crippen molar-refractivity contribution in [3.63, 3.8) is 0 Å². The number of hydrogen-bond donors (Lipinski definition) is 0. The molecule has 0 spiro atoms. The molecule has 1 aliphatic heterocycles. The Hall–Kier alpha value is -3.08. The largest absolute Gasteiger partial charge is 0.493 e. The maximum Gasteiger partial charge on any atom is 0.331 e. The Morgan fingerprint density at radius 1 is 1.07 bits per heavy atom. The summed E-state index contributed by atoms with van der Waals surface area (Å²) in [5, 5.41) is 9.15. The first-order valence-electron chi connectivity index (χ1n) is 7.49. The van der Waals surface area contributed by atoms with E-state index in [1.165, 1.54) is 37.4 Å². The lowest BCUT2D eigenvalue weighted by Crippen LogP contribution is -2.36. The molecule has 0 unspecified atom stereocenters. The van der Waals surface area contributed by atoms with Crippen molar-refractivity contribution in [3.05, 3.63) is 57.1 Å². The second-order valence-corrected chi connectivity index (χ2v) is 6.27. The highest BCUT2D eigenvalue weighted by Crippen LogP contribution is 2.32. The summed E-state index contributed by atoms with van der Waals surface area (Å²) in [5.74, 6) is -1.97. The van der Waals surface area contributed by atoms with Crippen molar-refractivity contribution in [1.82, 2.24) is 4.90 Å². The fraction of sp³-hybridized carbons (Fsp3) is 0.111. The Morgan fingerprint density at radius 2 is 1.67 bits per heavy atom. The molecule has 0 N–H and O–H groups in total. The third-order valence-corrected chi connectivity index (χ3v) is 4.54. The van der Waals surface area contributed by atoms with Crippen molar-refractivity contribution in [3.8, 4) is 17.6 Å². The highest BCUT2D eigenvalue weighted by Gasteiger charge is 2.38. The van der Waals surface area contributed by atoms with Crippen LogP contribution in [-0.4, -0.2) is 36.3 Å². The summed E-state index contributed by atoms with van der Waals surface area (Å²) in [6.07, 6.45) is 0. The molecule has 9 heteroatoms. The minimum absolute atomic E-state index is 0.0594. The van der Waals surface area contributed by atoms with E-state index in [9.17, 15) is 14.4 Å². The number of methoxy groups -OCH3 is 1. The number of benzene rings is 2. The van der Waals surface area contributed by atoms with E-state index < -0.39 is 24.3 Å². The van der Waals surface area contributed by atoms with Gasteiger partial charge in [-0.3, -0.25) is 14.5 Å². The SMILES string of the molecule is COc1cc(C#N)ccc1OC(=O)CN1C(=O)c2cc(Cl)c(Cl)cc2C1=O. The molecular formula is C18H10Cl2N2O5. The molecule has 0 saturated heterocycles. The van der Waals surface area contributed by atoms with Crippen LogP contribution >= 0.6 is 23.2 Å². The first-order chi connectivity index (χ1) is 12.8. The molecule has 1 aliphatic rings. The lowest BCUT2D eigenvalue weighted by molar-refractivity contribution is -0.134. The maximum absolute atomic E-state index is 12.4. The van der Waals surface area contributed by atoms with Crippen molar-refractivity contribution in [2.75, 3.05) is 13.7 Å². The minimum atomic E-state index is -0.857. The third-order valence-electron chi connectivity index (χ3n) is 3.82. The van der Waals surface area contributed by atoms with Crippen LogP contribution < -0.4 is 9.47 Å². The molecule has 3 rings (SSSR count). The predicted molar refractivity (Wildman–Crippen MR) is 95.2 cm³/mol. The van der Waals surface area contributed by atoms with Crippen LogP contribution in [0.3, 0.4) is 0 Å². The van der Waals surface area contributed by atoms with Crippen LogP contribution in [0.15, 0.2) is 30.3 Å². The zero-order valence-corrected chi connectivity index (χ0v) is 15.3. The standard InChI is InChI=1S/C18H10Cl2N2O5/c1-26-15-4-9(7-21)2-3-14(15)27-16(23)8-22-17(24)10-5-12(19)13(20)6-11(10)18(22)25/h2-6H,8H2,1H3. The van der Waals surface area contributed by atoms with Gasteiger partial charge in [0.2, 0.25) is 0 Å². The molecule has 0 aromatic heterocycles. The number of esters is 1. The molecule has 7 nitrogen and oxygen atoms in total. The van der Waals surface area contributed by atoms with Crippen LogP contribution in [0, 0.1) is 11.3 Å². The number of ether oxygens (including phenoxy) is 2. The van der Waals surface area contributed by atoms with E-state index >= 15 is 0 Å². The second kappa shape index (κ2) is 7.27. The molecule has 2 aromatic rings. The Balaban J connectivity index is 1.79. The van der Waals surface area contributed by atoms with Gasteiger partial charge in [-0.15, -0.1) is 0 Å². The van der Waals surface area contributed by atoms with Gasteiger partial charge >= 0.3 is 5.97 Å². The fourth-order valence-corrected chi connectivity index (χ4v) is 2.86. The second-order valence-electron chi connectivity index (χ2n) is 5.46. The first kappa shape index (κ1) is 18.7. The predicted octanol–water partition coefficient (Wildman–Crippen LogP) is 3.08. The van der Waals surface area contributed by atoms with Gasteiger partial charge in [0.25, 0.3) is 11.8 Å². The van der Waals surface area contributed by atoms with Crippen LogP contribution in [0.25, 0.3) is 0 Å². The van der Waals surface area contributed by atoms with E-state index in [0.717, 1.165) is 4.90 Å². The molecule has 0 bridgehead atoms. The van der Waals surface area contributed by atoms with Crippen LogP contribution in [0.1, 0.15) is 26.3 Å². The van der Waals surface area contributed by atoms with E-state index in [0.29, 0.717) is 5.56 Å². The summed E-state index contributed by atoms with van der Waals surface area (Å²) < 4.78 is 10.2. The van der Waals surface area contributed by atoms with Gasteiger partial charge in [0.1, 0.15) is 6.54 Å². The molecule has 1 heterocycles. The third kappa shape index (κ3) is 3.45. The number of nitrogens with zero attached hydrogens (tertiary/aromatic N) is 2. The summed E-state index contributed by atoms with van der Waals surface area (Å²) in [4.78, 5) is 37.8. The summed E-state index contributed by atoms with van der Waals surface area (Å²) in [5.41, 5.74) is 0.456. The number of carbonyl (C=O) groups is 3. The van der Waals surface area contributed by atoms with Gasteiger partial charge in [0.15, 0.2) is 11.5 Å². The number of hydrogen-bond acceptors (Lipinski definition) is 6.